The fourth-order valence-electron chi connectivity index (χ4n) is 2.19. The molecule has 0 spiro atoms. The summed E-state index contributed by atoms with van der Waals surface area (Å²) in [6.45, 7) is 11.5. The molecule has 6 heteroatoms. The number of nitrogens with two attached hydrogens (primary N) is 2. The lowest BCUT2D eigenvalue weighted by atomic mass is 10.3. The minimum atomic E-state index is -0.347. The summed E-state index contributed by atoms with van der Waals surface area (Å²) in [4.78, 5) is 7.99. The zero-order valence-electron chi connectivity index (χ0n) is 14.3. The summed E-state index contributed by atoms with van der Waals surface area (Å²) in [6, 6.07) is 2.02. The maximum Gasteiger partial charge on any atom is 0.346 e. The highest BCUT2D eigenvalue weighted by molar-refractivity contribution is 5.93. The predicted molar refractivity (Wildman–Crippen MR) is 91.4 cm³/mol. The van der Waals surface area contributed by atoms with E-state index in [4.69, 9.17) is 11.5 Å². The summed E-state index contributed by atoms with van der Waals surface area (Å²) >= 11 is 0. The van der Waals surface area contributed by atoms with E-state index in [1.165, 1.54) is 0 Å². The van der Waals surface area contributed by atoms with Gasteiger partial charge in [-0.3, -0.25) is 0 Å². The van der Waals surface area contributed by atoms with Gasteiger partial charge < -0.3 is 11.5 Å². The zero-order chi connectivity index (χ0) is 16.9. The molecule has 1 aromatic rings. The van der Waals surface area contributed by atoms with Gasteiger partial charge in [0.2, 0.25) is 0 Å². The van der Waals surface area contributed by atoms with E-state index in [0.29, 0.717) is 5.70 Å². The molecule has 0 aliphatic rings. The molecule has 0 radical (unpaired) electrons. The highest BCUT2D eigenvalue weighted by Crippen LogP contribution is 2.07. The van der Waals surface area contributed by atoms with Gasteiger partial charge in [-0.25, -0.2) is 9.98 Å². The van der Waals surface area contributed by atoms with Crippen LogP contribution in [0.3, 0.4) is 0 Å². The summed E-state index contributed by atoms with van der Waals surface area (Å²) in [7, 11) is 0. The molecule has 0 aromatic carbocycles. The molecule has 0 saturated heterocycles. The first-order valence-electron chi connectivity index (χ1n) is 7.24. The lowest BCUT2D eigenvalue weighted by Crippen LogP contribution is -2.75. The second-order valence-corrected chi connectivity index (χ2v) is 5.62. The third-order valence-corrected chi connectivity index (χ3v) is 2.84. The first-order valence-corrected chi connectivity index (χ1v) is 7.24. The van der Waals surface area contributed by atoms with Crippen molar-refractivity contribution in [1.29, 1.82) is 0 Å². The molecule has 1 heterocycles. The molecular weight excluding hydrogens is 276 g/mol. The summed E-state index contributed by atoms with van der Waals surface area (Å²) in [6.07, 6.45) is 3.35. The SMILES string of the molecule is CC(N)=CC(C)=N[C@H]([NH+]=C(C)C=C(C)N)n1nc(C)cc1C. The second kappa shape index (κ2) is 7.59. The molecule has 0 saturated carbocycles. The van der Waals surface area contributed by atoms with E-state index in [-0.39, 0.29) is 6.29 Å². The number of rotatable bonds is 5. The van der Waals surface area contributed by atoms with Crippen LogP contribution in [0.1, 0.15) is 45.4 Å². The topological polar surface area (TPSA) is 96.2 Å². The van der Waals surface area contributed by atoms with Crippen LogP contribution in [0.15, 0.2) is 34.6 Å². The maximum absolute atomic E-state index is 5.72. The van der Waals surface area contributed by atoms with E-state index >= 15 is 0 Å². The summed E-state index contributed by atoms with van der Waals surface area (Å²) < 4.78 is 1.85. The first-order chi connectivity index (χ1) is 10.2. The van der Waals surface area contributed by atoms with E-state index in [9.17, 15) is 0 Å². The summed E-state index contributed by atoms with van der Waals surface area (Å²) in [5.74, 6) is 0. The van der Waals surface area contributed by atoms with Crippen LogP contribution < -0.4 is 16.5 Å². The molecule has 22 heavy (non-hydrogen) atoms. The molecule has 0 bridgehead atoms. The Morgan fingerprint density at radius 2 is 1.77 bits per heavy atom. The molecule has 0 aliphatic carbocycles. The monoisotopic (exact) mass is 303 g/mol. The number of aryl methyl sites for hydroxylation is 2. The number of hydrogen-bond donors (Lipinski definition) is 3. The van der Waals surface area contributed by atoms with E-state index in [1.807, 2.05) is 64.4 Å². The minimum absolute atomic E-state index is 0.347. The third-order valence-electron chi connectivity index (χ3n) is 2.84. The van der Waals surface area contributed by atoms with Crippen molar-refractivity contribution in [3.8, 4) is 0 Å². The number of allylic oxidation sites excluding steroid dienone is 4. The van der Waals surface area contributed by atoms with E-state index in [2.05, 4.69) is 15.1 Å². The van der Waals surface area contributed by atoms with Crippen LogP contribution in [0.5, 0.6) is 0 Å². The highest BCUT2D eigenvalue weighted by Gasteiger charge is 2.17. The molecular formula is C16H27N6+. The molecule has 0 amide bonds. The fourth-order valence-corrected chi connectivity index (χ4v) is 2.19. The van der Waals surface area contributed by atoms with Gasteiger partial charge in [-0.2, -0.15) is 9.78 Å². The molecule has 6 nitrogen and oxygen atoms in total. The van der Waals surface area contributed by atoms with Crippen molar-refractivity contribution in [3.63, 3.8) is 0 Å². The lowest BCUT2D eigenvalue weighted by molar-refractivity contribution is -0.530. The first kappa shape index (κ1) is 17.7. The van der Waals surface area contributed by atoms with Crippen LogP contribution in [0.2, 0.25) is 0 Å². The Labute approximate surface area is 132 Å². The Morgan fingerprint density at radius 3 is 2.23 bits per heavy atom. The van der Waals surface area contributed by atoms with Gasteiger partial charge in [0.15, 0.2) is 5.71 Å². The van der Waals surface area contributed by atoms with Gasteiger partial charge in [0.05, 0.1) is 5.69 Å². The molecule has 120 valence electrons. The maximum atomic E-state index is 5.72. The molecule has 1 aromatic heterocycles. The van der Waals surface area contributed by atoms with Crippen molar-refractivity contribution in [2.24, 2.45) is 16.5 Å². The quantitative estimate of drug-likeness (QED) is 0.698. The highest BCUT2D eigenvalue weighted by atomic mass is 15.4. The molecule has 1 atom stereocenters. The number of nitrogens with one attached hydrogen (secondary N) is 1. The smallest absolute Gasteiger partial charge is 0.346 e. The lowest BCUT2D eigenvalue weighted by Gasteiger charge is -2.07. The Hall–Kier alpha value is -2.37. The molecule has 1 rings (SSSR count). The van der Waals surface area contributed by atoms with Crippen molar-refractivity contribution in [2.45, 2.75) is 47.8 Å². The van der Waals surface area contributed by atoms with Crippen molar-refractivity contribution < 1.29 is 4.99 Å². The third kappa shape index (κ3) is 5.55. The van der Waals surface area contributed by atoms with Gasteiger partial charge in [-0.15, -0.1) is 0 Å². The van der Waals surface area contributed by atoms with Crippen molar-refractivity contribution in [3.05, 3.63) is 41.0 Å². The number of aliphatic imine (C=N–C) groups is 1. The average molecular weight is 303 g/mol. The Morgan fingerprint density at radius 1 is 1.18 bits per heavy atom. The molecule has 0 fully saturated rings. The Bertz CT molecular complexity index is 604. The van der Waals surface area contributed by atoms with Gasteiger partial charge in [-0.1, -0.05) is 0 Å². The Kier molecular flexibility index (Phi) is 6.10. The molecule has 0 aliphatic heterocycles. The van der Waals surface area contributed by atoms with Crippen LogP contribution in [0.4, 0.5) is 0 Å². The van der Waals surface area contributed by atoms with Gasteiger partial charge in [-0.05, 0) is 46.8 Å². The predicted octanol–water partition coefficient (Wildman–Crippen LogP) is 0.683. The van der Waals surface area contributed by atoms with Crippen LogP contribution in [-0.4, -0.2) is 21.2 Å². The normalized spacial score (nSPS) is 16.1. The fraction of sp³-hybridized carbons (Fsp3) is 0.438. The average Bonchev–Trinajstić information content (AvgIpc) is 2.65. The second-order valence-electron chi connectivity index (χ2n) is 5.62. The van der Waals surface area contributed by atoms with Crippen LogP contribution in [-0.2, 0) is 0 Å². The Balaban J connectivity index is 3.31. The van der Waals surface area contributed by atoms with Crippen molar-refractivity contribution >= 4 is 11.4 Å². The van der Waals surface area contributed by atoms with Crippen LogP contribution in [0.25, 0.3) is 0 Å². The van der Waals surface area contributed by atoms with Crippen molar-refractivity contribution in [1.82, 2.24) is 9.78 Å². The van der Waals surface area contributed by atoms with E-state index in [0.717, 1.165) is 28.5 Å². The summed E-state index contributed by atoms with van der Waals surface area (Å²) in [5.41, 5.74) is 16.6. The van der Waals surface area contributed by atoms with Gasteiger partial charge in [0.1, 0.15) is 0 Å². The summed E-state index contributed by atoms with van der Waals surface area (Å²) in [5, 5.41) is 4.50. The van der Waals surface area contributed by atoms with Gasteiger partial charge >= 0.3 is 6.29 Å². The standard InChI is InChI=1S/C16H26N6/c1-10(17)7-12(3)19-16(20-13(4)8-11(2)18)22-15(6)9-14(5)21-22/h7-9,16H,17-18H2,1-6H3/p+1. The number of nitrogens with zero attached hydrogens (tertiary/aromatic N) is 3. The van der Waals surface area contributed by atoms with Gasteiger partial charge in [0, 0.05) is 35.8 Å². The van der Waals surface area contributed by atoms with Crippen LogP contribution >= 0.6 is 0 Å². The molecule has 0 unspecified atom stereocenters. The van der Waals surface area contributed by atoms with Crippen LogP contribution in [0, 0.1) is 13.8 Å². The van der Waals surface area contributed by atoms with Crippen molar-refractivity contribution in [2.75, 3.05) is 0 Å². The molecule has 5 N–H and O–H groups in total. The minimum Gasteiger partial charge on any atom is -0.402 e. The largest absolute Gasteiger partial charge is 0.402 e. The van der Waals surface area contributed by atoms with E-state index in [1.54, 1.807) is 0 Å². The number of hydrogen-bond acceptors (Lipinski definition) is 4. The van der Waals surface area contributed by atoms with Gasteiger partial charge in [0.25, 0.3) is 0 Å². The zero-order valence-corrected chi connectivity index (χ0v) is 14.3. The number of aromatic nitrogens is 2. The van der Waals surface area contributed by atoms with E-state index < -0.39 is 0 Å².